The molecule has 2 aliphatic rings. The number of fused-ring (bicyclic) bond motifs is 1. The van der Waals surface area contributed by atoms with Crippen LogP contribution in [0.3, 0.4) is 0 Å². The minimum Gasteiger partial charge on any atom is -0.382 e. The highest BCUT2D eigenvalue weighted by molar-refractivity contribution is 5.85. The molecule has 192 valence electrons. The molecule has 1 N–H and O–H groups in total. The second kappa shape index (κ2) is 11.0. The van der Waals surface area contributed by atoms with Crippen molar-refractivity contribution in [2.45, 2.75) is 57.7 Å². The molecule has 1 aliphatic carbocycles. The van der Waals surface area contributed by atoms with E-state index in [1.807, 2.05) is 19.2 Å². The van der Waals surface area contributed by atoms with Gasteiger partial charge in [0.1, 0.15) is 0 Å². The van der Waals surface area contributed by atoms with Crippen LogP contribution in [0, 0.1) is 5.92 Å². The molecule has 1 saturated carbocycles. The number of hydrogen-bond acceptors (Lipinski definition) is 4. The predicted molar refractivity (Wildman–Crippen MR) is 142 cm³/mol. The zero-order valence-corrected chi connectivity index (χ0v) is 21.5. The first-order valence-electron chi connectivity index (χ1n) is 13.4. The van der Waals surface area contributed by atoms with E-state index < -0.39 is 0 Å². The van der Waals surface area contributed by atoms with Gasteiger partial charge in [-0.1, -0.05) is 18.2 Å². The molecule has 1 amide bonds. The van der Waals surface area contributed by atoms with Gasteiger partial charge in [-0.3, -0.25) is 9.59 Å². The minimum absolute atomic E-state index is 0.0200. The summed E-state index contributed by atoms with van der Waals surface area (Å²) in [5.74, 6) is 0.114. The number of nitrogens with zero attached hydrogens (tertiary/aromatic N) is 3. The van der Waals surface area contributed by atoms with Crippen molar-refractivity contribution in [3.05, 3.63) is 70.3 Å². The number of para-hydroxylation sites is 1. The van der Waals surface area contributed by atoms with Crippen LogP contribution in [0.25, 0.3) is 10.9 Å². The van der Waals surface area contributed by atoms with Crippen molar-refractivity contribution in [2.24, 2.45) is 13.0 Å². The van der Waals surface area contributed by atoms with Crippen molar-refractivity contribution in [1.82, 2.24) is 19.4 Å². The molecule has 2 atom stereocenters. The van der Waals surface area contributed by atoms with E-state index in [9.17, 15) is 9.59 Å². The van der Waals surface area contributed by atoms with Crippen molar-refractivity contribution in [2.75, 3.05) is 26.3 Å². The van der Waals surface area contributed by atoms with Crippen molar-refractivity contribution in [1.29, 1.82) is 0 Å². The topological polar surface area (TPSA) is 68.5 Å². The lowest BCUT2D eigenvalue weighted by molar-refractivity contribution is -0.138. The largest absolute Gasteiger partial charge is 0.382 e. The molecule has 1 saturated heterocycles. The Bertz CT molecular complexity index is 1260. The summed E-state index contributed by atoms with van der Waals surface area (Å²) in [6, 6.07) is 12.5. The van der Waals surface area contributed by atoms with Crippen LogP contribution < -0.4 is 10.9 Å². The number of aromatic nitrogens is 2. The fraction of sp³-hybridized carbons (Fsp3) is 0.517. The fourth-order valence-corrected chi connectivity index (χ4v) is 5.60. The van der Waals surface area contributed by atoms with E-state index >= 15 is 0 Å². The summed E-state index contributed by atoms with van der Waals surface area (Å²) in [6.45, 7) is 6.56. The molecule has 0 bridgehead atoms. The monoisotopic (exact) mass is 490 g/mol. The van der Waals surface area contributed by atoms with Gasteiger partial charge in [0.25, 0.3) is 5.56 Å². The van der Waals surface area contributed by atoms with E-state index in [0.717, 1.165) is 57.6 Å². The van der Waals surface area contributed by atoms with E-state index in [1.165, 1.54) is 16.5 Å². The van der Waals surface area contributed by atoms with Crippen LogP contribution in [0.2, 0.25) is 0 Å². The number of carbonyl (C=O) groups is 1. The van der Waals surface area contributed by atoms with E-state index in [4.69, 9.17) is 4.74 Å². The molecule has 3 heterocycles. The first-order valence-corrected chi connectivity index (χ1v) is 13.4. The average Bonchev–Trinajstić information content (AvgIpc) is 3.69. The van der Waals surface area contributed by atoms with Crippen LogP contribution in [-0.2, 0) is 29.7 Å². The normalized spacial score (nSPS) is 20.1. The number of ether oxygens (including phenoxy) is 1. The van der Waals surface area contributed by atoms with Crippen LogP contribution in [-0.4, -0.2) is 52.3 Å². The van der Waals surface area contributed by atoms with E-state index in [-0.39, 0.29) is 23.3 Å². The van der Waals surface area contributed by atoms with Gasteiger partial charge in [-0.15, -0.1) is 0 Å². The maximum absolute atomic E-state index is 14.1. The predicted octanol–water partition coefficient (Wildman–Crippen LogP) is 3.65. The van der Waals surface area contributed by atoms with Gasteiger partial charge in [0.05, 0.1) is 5.92 Å². The van der Waals surface area contributed by atoms with Crippen molar-refractivity contribution >= 4 is 16.8 Å². The number of amides is 1. The molecular weight excluding hydrogens is 452 g/mol. The summed E-state index contributed by atoms with van der Waals surface area (Å²) < 4.78 is 9.44. The summed E-state index contributed by atoms with van der Waals surface area (Å²) in [7, 11) is 1.76. The van der Waals surface area contributed by atoms with Gasteiger partial charge < -0.3 is 24.1 Å². The molecule has 0 spiro atoms. The van der Waals surface area contributed by atoms with Gasteiger partial charge in [-0.25, -0.2) is 0 Å². The zero-order valence-electron chi connectivity index (χ0n) is 21.5. The number of rotatable bonds is 10. The number of hydrogen-bond donors (Lipinski definition) is 1. The Labute approximate surface area is 213 Å². The van der Waals surface area contributed by atoms with Gasteiger partial charge in [0.2, 0.25) is 5.91 Å². The molecule has 3 aromatic rings. The molecule has 7 heteroatoms. The number of benzene rings is 1. The molecule has 36 heavy (non-hydrogen) atoms. The summed E-state index contributed by atoms with van der Waals surface area (Å²) in [5.41, 5.74) is 3.38. The molecule has 1 aromatic carbocycles. The average molecular weight is 491 g/mol. The number of nitrogens with one attached hydrogen (secondary N) is 1. The quantitative estimate of drug-likeness (QED) is 0.441. The van der Waals surface area contributed by atoms with Crippen molar-refractivity contribution < 1.29 is 9.53 Å². The van der Waals surface area contributed by atoms with Gasteiger partial charge in [-0.05, 0) is 68.3 Å². The van der Waals surface area contributed by atoms with Gasteiger partial charge in [-0.2, -0.15) is 0 Å². The van der Waals surface area contributed by atoms with Crippen LogP contribution >= 0.6 is 0 Å². The van der Waals surface area contributed by atoms with Crippen LogP contribution in [0.5, 0.6) is 0 Å². The molecule has 2 fully saturated rings. The molecule has 2 unspecified atom stereocenters. The molecule has 5 rings (SSSR count). The Morgan fingerprint density at radius 1 is 1.19 bits per heavy atom. The Morgan fingerprint density at radius 2 is 2.03 bits per heavy atom. The summed E-state index contributed by atoms with van der Waals surface area (Å²) in [4.78, 5) is 28.5. The molecular formula is C29H38N4O3. The minimum atomic E-state index is -0.161. The van der Waals surface area contributed by atoms with Gasteiger partial charge in [0, 0.05) is 75.3 Å². The fourth-order valence-electron chi connectivity index (χ4n) is 5.60. The van der Waals surface area contributed by atoms with E-state index in [2.05, 4.69) is 45.2 Å². The summed E-state index contributed by atoms with van der Waals surface area (Å²) in [6.07, 6.45) is 8.01. The second-order valence-electron chi connectivity index (χ2n) is 10.2. The van der Waals surface area contributed by atoms with Crippen LogP contribution in [0.15, 0.2) is 53.6 Å². The number of piperidine rings is 1. The molecule has 2 aromatic heterocycles. The van der Waals surface area contributed by atoms with E-state index in [0.29, 0.717) is 19.1 Å². The third-order valence-corrected chi connectivity index (χ3v) is 7.73. The third-order valence-electron chi connectivity index (χ3n) is 7.73. The third kappa shape index (κ3) is 5.27. The molecule has 0 radical (unpaired) electrons. The zero-order chi connectivity index (χ0) is 25.1. The highest BCUT2D eigenvalue weighted by Gasteiger charge is 2.40. The highest BCUT2D eigenvalue weighted by Crippen LogP contribution is 2.36. The SMILES string of the molecule is CCOCCCn1cc(CN(C(=O)C2CNCCC2c2ccn(C)c(=O)c2)C2CC2)c2ccccc21. The maximum atomic E-state index is 14.1. The van der Waals surface area contributed by atoms with Crippen LogP contribution in [0.1, 0.15) is 49.7 Å². The second-order valence-corrected chi connectivity index (χ2v) is 10.2. The standard InChI is InChI=1S/C29H38N4O3/c1-3-36-16-6-14-32-19-22(25-7-4-5-8-27(25)32)20-33(23-9-10-23)29(35)26-18-30-13-11-24(26)21-12-15-31(2)28(34)17-21/h4-5,7-8,12,15,17,19,23-24,26,30H,3,6,9-11,13-14,16,18,20H2,1-2H3. The summed E-state index contributed by atoms with van der Waals surface area (Å²) in [5, 5.41) is 4.66. The van der Waals surface area contributed by atoms with Crippen molar-refractivity contribution in [3.8, 4) is 0 Å². The Kier molecular flexibility index (Phi) is 7.58. The lowest BCUT2D eigenvalue weighted by Gasteiger charge is -2.35. The Morgan fingerprint density at radius 3 is 2.81 bits per heavy atom. The van der Waals surface area contributed by atoms with Gasteiger partial charge in [0.15, 0.2) is 0 Å². The number of carbonyl (C=O) groups excluding carboxylic acids is 1. The number of pyridine rings is 1. The lowest BCUT2D eigenvalue weighted by atomic mass is 9.80. The van der Waals surface area contributed by atoms with Crippen molar-refractivity contribution in [3.63, 3.8) is 0 Å². The maximum Gasteiger partial charge on any atom is 0.250 e. The first kappa shape index (κ1) is 24.8. The summed E-state index contributed by atoms with van der Waals surface area (Å²) >= 11 is 0. The molecule has 7 nitrogen and oxygen atoms in total. The highest BCUT2D eigenvalue weighted by atomic mass is 16.5. The Balaban J connectivity index is 1.39. The van der Waals surface area contributed by atoms with Crippen LogP contribution in [0.4, 0.5) is 0 Å². The van der Waals surface area contributed by atoms with Gasteiger partial charge >= 0.3 is 0 Å². The first-order chi connectivity index (χ1) is 17.6. The lowest BCUT2D eigenvalue weighted by Crippen LogP contribution is -2.47. The number of aryl methyl sites for hydroxylation is 2. The van der Waals surface area contributed by atoms with E-state index in [1.54, 1.807) is 17.7 Å². The Hall–Kier alpha value is -2.90. The smallest absolute Gasteiger partial charge is 0.250 e. The molecule has 1 aliphatic heterocycles.